The molecule has 0 radical (unpaired) electrons. The highest BCUT2D eigenvalue weighted by molar-refractivity contribution is 7.91. The number of aromatic nitrogens is 3. The summed E-state index contributed by atoms with van der Waals surface area (Å²) < 4.78 is 23.7. The zero-order valence-electron chi connectivity index (χ0n) is 20.5. The normalized spacial score (nSPS) is 18.2. The Morgan fingerprint density at radius 3 is 2.61 bits per heavy atom. The maximum atomic E-state index is 11.8. The van der Waals surface area contributed by atoms with Crippen molar-refractivity contribution >= 4 is 20.6 Å². The van der Waals surface area contributed by atoms with E-state index in [2.05, 4.69) is 64.3 Å². The molecule has 2 aromatic carbocycles. The Balaban J connectivity index is 1.24. The molecule has 0 unspecified atom stereocenters. The monoisotopic (exact) mass is 498 g/mol. The molecular formula is C29H30N4O2S. The molecule has 6 nitrogen and oxygen atoms in total. The molecule has 184 valence electrons. The highest BCUT2D eigenvalue weighted by Crippen LogP contribution is 2.29. The number of hydrogen-bond donors (Lipinski definition) is 0. The van der Waals surface area contributed by atoms with E-state index >= 15 is 0 Å². The number of sulfone groups is 1. The van der Waals surface area contributed by atoms with E-state index in [1.54, 1.807) is 6.33 Å². The maximum Gasteiger partial charge on any atom is 0.150 e. The van der Waals surface area contributed by atoms with Crippen molar-refractivity contribution in [2.24, 2.45) is 0 Å². The van der Waals surface area contributed by atoms with E-state index in [-0.39, 0.29) is 0 Å². The molecule has 0 atom stereocenters. The van der Waals surface area contributed by atoms with Crippen molar-refractivity contribution < 1.29 is 8.42 Å². The Labute approximate surface area is 212 Å². The molecule has 0 spiro atoms. The minimum atomic E-state index is -2.85. The van der Waals surface area contributed by atoms with Gasteiger partial charge in [-0.05, 0) is 60.4 Å². The molecule has 0 N–H and O–H groups in total. The summed E-state index contributed by atoms with van der Waals surface area (Å²) in [5.41, 5.74) is 7.99. The van der Waals surface area contributed by atoms with Crippen LogP contribution < -0.4 is 0 Å². The molecule has 0 bridgehead atoms. The molecule has 36 heavy (non-hydrogen) atoms. The molecule has 4 aromatic rings. The van der Waals surface area contributed by atoms with E-state index in [1.165, 1.54) is 22.1 Å². The number of nitrogens with zero attached hydrogens (tertiary/aromatic N) is 4. The van der Waals surface area contributed by atoms with E-state index in [0.717, 1.165) is 66.8 Å². The van der Waals surface area contributed by atoms with Gasteiger partial charge in [0, 0.05) is 42.7 Å². The number of benzene rings is 2. The summed E-state index contributed by atoms with van der Waals surface area (Å²) in [6.45, 7) is 3.83. The van der Waals surface area contributed by atoms with Crippen LogP contribution in [0.2, 0.25) is 0 Å². The van der Waals surface area contributed by atoms with Gasteiger partial charge in [-0.15, -0.1) is 0 Å². The number of rotatable bonds is 4. The van der Waals surface area contributed by atoms with Crippen LogP contribution in [-0.2, 0) is 29.2 Å². The lowest BCUT2D eigenvalue weighted by molar-refractivity contribution is 0.163. The third-order valence-electron chi connectivity index (χ3n) is 7.75. The molecule has 0 saturated carbocycles. The van der Waals surface area contributed by atoms with E-state index in [4.69, 9.17) is 4.98 Å². The molecule has 0 amide bonds. The van der Waals surface area contributed by atoms with Gasteiger partial charge in [0.1, 0.15) is 16.2 Å². The van der Waals surface area contributed by atoms with Crippen LogP contribution in [0.15, 0.2) is 61.1 Å². The minimum absolute atomic E-state index is 0.303. The van der Waals surface area contributed by atoms with E-state index in [1.807, 2.05) is 12.3 Å². The van der Waals surface area contributed by atoms with E-state index in [0.29, 0.717) is 17.5 Å². The van der Waals surface area contributed by atoms with Gasteiger partial charge in [-0.2, -0.15) is 0 Å². The average Bonchev–Trinajstić information content (AvgIpc) is 2.89. The molecule has 1 fully saturated rings. The Bertz CT molecular complexity index is 1540. The molecular weight excluding hydrogens is 468 g/mol. The first-order valence-corrected chi connectivity index (χ1v) is 14.5. The predicted molar refractivity (Wildman–Crippen MR) is 143 cm³/mol. The van der Waals surface area contributed by atoms with Crippen molar-refractivity contribution in [1.82, 2.24) is 19.9 Å². The summed E-state index contributed by atoms with van der Waals surface area (Å²) in [6.07, 6.45) is 6.75. The number of aryl methyl sites for hydroxylation is 1. The highest BCUT2D eigenvalue weighted by Gasteiger charge is 2.31. The van der Waals surface area contributed by atoms with E-state index < -0.39 is 9.84 Å². The van der Waals surface area contributed by atoms with Crippen LogP contribution in [0.25, 0.3) is 22.0 Å². The van der Waals surface area contributed by atoms with Gasteiger partial charge in [0.15, 0.2) is 0 Å². The smallest absolute Gasteiger partial charge is 0.150 e. The van der Waals surface area contributed by atoms with Crippen molar-refractivity contribution in [3.8, 4) is 11.3 Å². The Kier molecular flexibility index (Phi) is 6.05. The van der Waals surface area contributed by atoms with Crippen molar-refractivity contribution in [3.05, 3.63) is 89.1 Å². The standard InChI is InChI=1S/C29H30N4O2S/c1-20-6-7-21(14-26(20)28-16-22-4-2-3-5-23(22)17-30-28)15-27-25-8-11-33(18-29(25)32-19-31-27)24-9-12-36(34,35)13-10-24/h2-7,14,16-17,19,24H,8-13,15,18H2,1H3. The summed E-state index contributed by atoms with van der Waals surface area (Å²) >= 11 is 0. The summed E-state index contributed by atoms with van der Waals surface area (Å²) in [4.78, 5) is 16.5. The predicted octanol–water partition coefficient (Wildman–Crippen LogP) is 4.53. The number of hydrogen-bond acceptors (Lipinski definition) is 6. The summed E-state index contributed by atoms with van der Waals surface area (Å²) in [6, 6.07) is 17.4. The summed E-state index contributed by atoms with van der Waals surface area (Å²) in [5, 5.41) is 2.34. The first-order chi connectivity index (χ1) is 17.4. The highest BCUT2D eigenvalue weighted by atomic mass is 32.2. The molecule has 2 aliphatic heterocycles. The fourth-order valence-electron chi connectivity index (χ4n) is 5.63. The number of fused-ring (bicyclic) bond motifs is 2. The van der Waals surface area contributed by atoms with Crippen molar-refractivity contribution in [3.63, 3.8) is 0 Å². The molecule has 1 saturated heterocycles. The van der Waals surface area contributed by atoms with Gasteiger partial charge in [0.05, 0.1) is 28.6 Å². The Morgan fingerprint density at radius 1 is 0.972 bits per heavy atom. The molecule has 7 heteroatoms. The van der Waals surface area contributed by atoms with Crippen LogP contribution in [0.4, 0.5) is 0 Å². The molecule has 6 rings (SSSR count). The van der Waals surface area contributed by atoms with Crippen LogP contribution in [0.3, 0.4) is 0 Å². The van der Waals surface area contributed by atoms with Crippen molar-refractivity contribution in [2.75, 3.05) is 18.1 Å². The molecule has 2 aromatic heterocycles. The van der Waals surface area contributed by atoms with Crippen LogP contribution in [0.1, 0.15) is 40.9 Å². The first kappa shape index (κ1) is 23.3. The van der Waals surface area contributed by atoms with Crippen LogP contribution in [0.5, 0.6) is 0 Å². The zero-order chi connectivity index (χ0) is 24.7. The lowest BCUT2D eigenvalue weighted by Gasteiger charge is -2.37. The number of pyridine rings is 1. The fraction of sp³-hybridized carbons (Fsp3) is 0.345. The second-order valence-corrected chi connectivity index (χ2v) is 12.4. The second kappa shape index (κ2) is 9.37. The third kappa shape index (κ3) is 4.65. The topological polar surface area (TPSA) is 76.1 Å². The average molecular weight is 499 g/mol. The van der Waals surface area contributed by atoms with Gasteiger partial charge in [0.2, 0.25) is 0 Å². The van der Waals surface area contributed by atoms with Gasteiger partial charge in [0.25, 0.3) is 0 Å². The Morgan fingerprint density at radius 2 is 1.78 bits per heavy atom. The third-order valence-corrected chi connectivity index (χ3v) is 9.46. The van der Waals surface area contributed by atoms with Crippen molar-refractivity contribution in [2.45, 2.75) is 45.2 Å². The maximum absolute atomic E-state index is 11.8. The molecule has 2 aliphatic rings. The van der Waals surface area contributed by atoms with Crippen molar-refractivity contribution in [1.29, 1.82) is 0 Å². The summed E-state index contributed by atoms with van der Waals surface area (Å²) in [7, 11) is -2.85. The zero-order valence-corrected chi connectivity index (χ0v) is 21.3. The van der Waals surface area contributed by atoms with Gasteiger partial charge in [-0.3, -0.25) is 9.88 Å². The van der Waals surface area contributed by atoms with Gasteiger partial charge in [-0.25, -0.2) is 18.4 Å². The fourth-order valence-corrected chi connectivity index (χ4v) is 7.09. The first-order valence-electron chi connectivity index (χ1n) is 12.7. The van der Waals surface area contributed by atoms with Crippen LogP contribution in [-0.4, -0.2) is 52.4 Å². The molecule has 0 aliphatic carbocycles. The van der Waals surface area contributed by atoms with Gasteiger partial charge in [-0.1, -0.05) is 36.4 Å². The van der Waals surface area contributed by atoms with Gasteiger partial charge >= 0.3 is 0 Å². The van der Waals surface area contributed by atoms with Gasteiger partial charge < -0.3 is 0 Å². The lowest BCUT2D eigenvalue weighted by atomic mass is 9.94. The largest absolute Gasteiger partial charge is 0.294 e. The summed E-state index contributed by atoms with van der Waals surface area (Å²) in [5.74, 6) is 0.607. The lowest BCUT2D eigenvalue weighted by Crippen LogP contribution is -2.44. The quantitative estimate of drug-likeness (QED) is 0.412. The SMILES string of the molecule is Cc1ccc(Cc2ncnc3c2CCN(C2CCS(=O)(=O)CC2)C3)cc1-c1cc2ccccc2cn1. The molecule has 4 heterocycles. The second-order valence-electron chi connectivity index (χ2n) is 10.1. The van der Waals surface area contributed by atoms with Crippen LogP contribution in [0, 0.1) is 6.92 Å². The van der Waals surface area contributed by atoms with Crippen LogP contribution >= 0.6 is 0 Å². The minimum Gasteiger partial charge on any atom is -0.294 e. The Hall–Kier alpha value is -3.16. The van der Waals surface area contributed by atoms with E-state index in [9.17, 15) is 8.42 Å².